The predicted octanol–water partition coefficient (Wildman–Crippen LogP) is 1.54. The molecule has 0 radical (unpaired) electrons. The van der Waals surface area contributed by atoms with Gasteiger partial charge >= 0.3 is 0 Å². The summed E-state index contributed by atoms with van der Waals surface area (Å²) in [4.78, 5) is 17.7. The fourth-order valence-corrected chi connectivity index (χ4v) is 3.56. The summed E-state index contributed by atoms with van der Waals surface area (Å²) < 4.78 is 1.66. The number of rotatable bonds is 0. The largest absolute Gasteiger partial charge is 0.268 e. The van der Waals surface area contributed by atoms with Crippen molar-refractivity contribution in [1.82, 2.24) is 9.38 Å². The third-order valence-electron chi connectivity index (χ3n) is 4.61. The molecule has 1 unspecified atom stereocenters. The van der Waals surface area contributed by atoms with Gasteiger partial charge in [0.1, 0.15) is 5.65 Å². The summed E-state index contributed by atoms with van der Waals surface area (Å²) in [6, 6.07) is 14.0. The first-order valence-corrected chi connectivity index (χ1v) is 7.55. The van der Waals surface area contributed by atoms with Gasteiger partial charge in [-0.05, 0) is 23.9 Å². The quantitative estimate of drug-likeness (QED) is 0.495. The Kier molecular flexibility index (Phi) is 2.24. The van der Waals surface area contributed by atoms with Crippen molar-refractivity contribution in [2.75, 3.05) is 0 Å². The molecule has 2 aromatic carbocycles. The van der Waals surface area contributed by atoms with Crippen molar-refractivity contribution in [3.8, 4) is 6.07 Å². The highest BCUT2D eigenvalue weighted by Gasteiger charge is 2.16. The van der Waals surface area contributed by atoms with Gasteiger partial charge in [0.15, 0.2) is 0 Å². The van der Waals surface area contributed by atoms with Crippen LogP contribution in [0.1, 0.15) is 6.42 Å². The lowest BCUT2D eigenvalue weighted by Crippen LogP contribution is -2.35. The minimum atomic E-state index is -0.205. The molecule has 0 amide bonds. The van der Waals surface area contributed by atoms with E-state index in [9.17, 15) is 10.1 Å². The molecule has 1 atom stereocenters. The van der Waals surface area contributed by atoms with Crippen LogP contribution < -0.4 is 16.3 Å². The molecule has 0 saturated carbocycles. The number of benzene rings is 2. The summed E-state index contributed by atoms with van der Waals surface area (Å²) in [5, 5.41) is 14.4. The Bertz CT molecular complexity index is 1320. The highest BCUT2D eigenvalue weighted by molar-refractivity contribution is 6.14. The molecule has 0 fully saturated rings. The molecule has 2 aromatic heterocycles. The lowest BCUT2D eigenvalue weighted by atomic mass is 10.0. The first-order valence-electron chi connectivity index (χ1n) is 7.55. The Balaban J connectivity index is 2.17. The van der Waals surface area contributed by atoms with E-state index < -0.39 is 0 Å². The average Bonchev–Trinajstić information content (AvgIpc) is 2.98. The number of aromatic nitrogens is 2. The van der Waals surface area contributed by atoms with Crippen molar-refractivity contribution in [2.45, 2.75) is 6.42 Å². The minimum Gasteiger partial charge on any atom is -0.268 e. The van der Waals surface area contributed by atoms with E-state index >= 15 is 0 Å². The Hall–Kier alpha value is -3.19. The zero-order chi connectivity index (χ0) is 15.6. The number of hydrogen-bond donors (Lipinski definition) is 0. The van der Waals surface area contributed by atoms with Crippen molar-refractivity contribution in [2.24, 2.45) is 5.92 Å². The first-order chi connectivity index (χ1) is 11.3. The van der Waals surface area contributed by atoms with Crippen LogP contribution in [-0.2, 0) is 0 Å². The maximum Gasteiger partial charge on any atom is 0.264 e. The smallest absolute Gasteiger partial charge is 0.264 e. The lowest BCUT2D eigenvalue weighted by molar-refractivity contribution is 0.891. The fraction of sp³-hybridized carbons (Fsp3) is 0.105. The molecular weight excluding hydrogens is 286 g/mol. The van der Waals surface area contributed by atoms with Crippen molar-refractivity contribution in [3.63, 3.8) is 0 Å². The van der Waals surface area contributed by atoms with E-state index in [0.717, 1.165) is 26.9 Å². The van der Waals surface area contributed by atoms with E-state index in [0.29, 0.717) is 17.5 Å². The van der Waals surface area contributed by atoms with Crippen molar-refractivity contribution in [1.29, 1.82) is 5.26 Å². The summed E-state index contributed by atoms with van der Waals surface area (Å²) in [5.41, 5.74) is 0.608. The van der Waals surface area contributed by atoms with E-state index in [4.69, 9.17) is 0 Å². The van der Waals surface area contributed by atoms with Crippen LogP contribution in [0.2, 0.25) is 0 Å². The SMILES string of the molecule is N#CC1C=c2c(nc3c4cccc5cccc(c(=O)n23)c54)=CC1. The second-order valence-electron chi connectivity index (χ2n) is 5.90. The lowest BCUT2D eigenvalue weighted by Gasteiger charge is -2.07. The number of imidazole rings is 1. The van der Waals surface area contributed by atoms with Crippen LogP contribution in [0.5, 0.6) is 0 Å². The van der Waals surface area contributed by atoms with Crippen LogP contribution >= 0.6 is 0 Å². The second-order valence-corrected chi connectivity index (χ2v) is 5.90. The van der Waals surface area contributed by atoms with Gasteiger partial charge in [-0.2, -0.15) is 5.26 Å². The number of nitrogens with zero attached hydrogens (tertiary/aromatic N) is 3. The van der Waals surface area contributed by atoms with Gasteiger partial charge < -0.3 is 0 Å². The normalized spacial score (nSPS) is 16.9. The molecule has 0 aliphatic heterocycles. The van der Waals surface area contributed by atoms with Gasteiger partial charge in [-0.25, -0.2) is 4.98 Å². The van der Waals surface area contributed by atoms with Gasteiger partial charge in [-0.1, -0.05) is 36.4 Å². The fourth-order valence-electron chi connectivity index (χ4n) is 3.56. The molecule has 2 heterocycles. The summed E-state index contributed by atoms with van der Waals surface area (Å²) >= 11 is 0. The summed E-state index contributed by atoms with van der Waals surface area (Å²) in [6.07, 6.45) is 4.45. The predicted molar refractivity (Wildman–Crippen MR) is 89.6 cm³/mol. The molecule has 4 aromatic rings. The van der Waals surface area contributed by atoms with Crippen LogP contribution in [0, 0.1) is 17.2 Å². The molecule has 4 heteroatoms. The zero-order valence-electron chi connectivity index (χ0n) is 12.2. The first kappa shape index (κ1) is 12.4. The van der Waals surface area contributed by atoms with E-state index in [1.807, 2.05) is 48.6 Å². The summed E-state index contributed by atoms with van der Waals surface area (Å²) in [7, 11) is 0. The minimum absolute atomic E-state index is 0.0683. The molecule has 0 saturated heterocycles. The number of hydrogen-bond acceptors (Lipinski definition) is 3. The average molecular weight is 297 g/mol. The van der Waals surface area contributed by atoms with Crippen LogP contribution in [0.15, 0.2) is 41.2 Å². The molecular formula is C19H11N3O. The van der Waals surface area contributed by atoms with E-state index in [1.165, 1.54) is 0 Å². The molecule has 1 aliphatic carbocycles. The number of pyridine rings is 1. The Labute approximate surface area is 130 Å². The summed E-state index contributed by atoms with van der Waals surface area (Å²) in [5.74, 6) is -0.205. The molecule has 23 heavy (non-hydrogen) atoms. The van der Waals surface area contributed by atoms with Gasteiger partial charge in [0.25, 0.3) is 5.56 Å². The molecule has 5 rings (SSSR count). The van der Waals surface area contributed by atoms with Gasteiger partial charge in [0, 0.05) is 16.2 Å². The van der Waals surface area contributed by atoms with E-state index in [1.54, 1.807) is 4.40 Å². The molecule has 108 valence electrons. The van der Waals surface area contributed by atoms with E-state index in [-0.39, 0.29) is 11.5 Å². The maximum atomic E-state index is 13.0. The van der Waals surface area contributed by atoms with Crippen LogP contribution in [0.25, 0.3) is 39.3 Å². The zero-order valence-corrected chi connectivity index (χ0v) is 12.2. The van der Waals surface area contributed by atoms with Gasteiger partial charge in [0.2, 0.25) is 0 Å². The third kappa shape index (κ3) is 1.49. The van der Waals surface area contributed by atoms with Crippen LogP contribution in [0.4, 0.5) is 0 Å². The van der Waals surface area contributed by atoms with Crippen LogP contribution in [-0.4, -0.2) is 9.38 Å². The van der Waals surface area contributed by atoms with Gasteiger partial charge in [0.05, 0.1) is 22.7 Å². The van der Waals surface area contributed by atoms with E-state index in [2.05, 4.69) is 11.1 Å². The molecule has 0 N–H and O–H groups in total. The summed E-state index contributed by atoms with van der Waals surface area (Å²) in [6.45, 7) is 0. The van der Waals surface area contributed by atoms with Crippen molar-refractivity contribution >= 4 is 39.3 Å². The third-order valence-corrected chi connectivity index (χ3v) is 4.61. The van der Waals surface area contributed by atoms with Crippen molar-refractivity contribution < 1.29 is 0 Å². The Morgan fingerprint density at radius 1 is 1.17 bits per heavy atom. The molecule has 0 spiro atoms. The van der Waals surface area contributed by atoms with Gasteiger partial charge in [-0.15, -0.1) is 0 Å². The highest BCUT2D eigenvalue weighted by Crippen LogP contribution is 2.26. The van der Waals surface area contributed by atoms with Gasteiger partial charge in [-0.3, -0.25) is 9.20 Å². The maximum absolute atomic E-state index is 13.0. The highest BCUT2D eigenvalue weighted by atomic mass is 16.1. The van der Waals surface area contributed by atoms with Crippen LogP contribution in [0.3, 0.4) is 0 Å². The number of nitriles is 1. The standard InChI is InChI=1S/C19H11N3O/c20-10-11-7-8-15-16(9-11)22-18(21-15)13-5-1-3-12-4-2-6-14(17(12)13)19(22)23/h1-6,8-9,11H,7H2. The number of fused-ring (bicyclic) bond motifs is 4. The molecule has 1 aliphatic rings. The monoisotopic (exact) mass is 297 g/mol. The molecule has 0 bridgehead atoms. The Morgan fingerprint density at radius 3 is 2.74 bits per heavy atom. The molecule has 4 nitrogen and oxygen atoms in total. The second kappa shape index (κ2) is 4.17. The van der Waals surface area contributed by atoms with Crippen molar-refractivity contribution in [3.05, 3.63) is 57.5 Å². The topological polar surface area (TPSA) is 58.2 Å². The Morgan fingerprint density at radius 2 is 1.96 bits per heavy atom.